The Hall–Kier alpha value is -2.82. The summed E-state index contributed by atoms with van der Waals surface area (Å²) < 4.78 is 5.57. The van der Waals surface area contributed by atoms with E-state index in [1.165, 1.54) is 18.2 Å². The van der Waals surface area contributed by atoms with Crippen molar-refractivity contribution in [2.24, 2.45) is 0 Å². The molecule has 0 fully saturated rings. The van der Waals surface area contributed by atoms with Crippen LogP contribution in [0.15, 0.2) is 66.7 Å². The average Bonchev–Trinajstić information content (AvgIpc) is 2.68. The first-order chi connectivity index (χ1) is 13.0. The normalized spacial score (nSPS) is 9.70. The minimum atomic E-state index is 0.0654. The molecule has 0 aliphatic heterocycles. The first-order valence-corrected chi connectivity index (χ1v) is 8.64. The predicted octanol–water partition coefficient (Wildman–Crippen LogP) is 5.59. The molecule has 138 valence electrons. The fraction of sp³-hybridized carbons (Fsp3) is 0.0476. The largest absolute Gasteiger partial charge is 0.508 e. The van der Waals surface area contributed by atoms with E-state index in [0.717, 1.165) is 11.8 Å². The predicted molar refractivity (Wildman–Crippen MR) is 106 cm³/mol. The topological polar surface area (TPSA) is 63.6 Å². The molecule has 3 rings (SSSR count). The quantitative estimate of drug-likeness (QED) is 0.564. The Morgan fingerprint density at radius 2 is 1.41 bits per heavy atom. The van der Waals surface area contributed by atoms with Crippen LogP contribution in [0.25, 0.3) is 0 Å². The minimum Gasteiger partial charge on any atom is -0.508 e. The van der Waals surface area contributed by atoms with Crippen LogP contribution in [-0.4, -0.2) is 17.7 Å². The second kappa shape index (κ2) is 10.4. The standard InChI is InChI=1S/C14H11ClO2.C7H5ClO2/c15-14-8-13(7-6-12(14)9-16)17-10-11-4-2-1-3-5-11;8-7-3-6(10)2-1-5(7)4-9/h1-9H,10H2;1-4,10H. The second-order valence-electron chi connectivity index (χ2n) is 5.40. The highest BCUT2D eigenvalue weighted by atomic mass is 35.5. The Balaban J connectivity index is 0.000000223. The smallest absolute Gasteiger partial charge is 0.151 e. The highest BCUT2D eigenvalue weighted by molar-refractivity contribution is 6.33. The zero-order valence-corrected chi connectivity index (χ0v) is 15.7. The monoisotopic (exact) mass is 402 g/mol. The molecule has 27 heavy (non-hydrogen) atoms. The number of hydrogen-bond donors (Lipinski definition) is 1. The lowest BCUT2D eigenvalue weighted by Gasteiger charge is -2.07. The van der Waals surface area contributed by atoms with Gasteiger partial charge in [-0.25, -0.2) is 0 Å². The van der Waals surface area contributed by atoms with Crippen molar-refractivity contribution >= 4 is 35.8 Å². The molecule has 6 heteroatoms. The third-order valence-corrected chi connectivity index (χ3v) is 4.11. The number of phenols is 1. The number of carbonyl (C=O) groups excluding carboxylic acids is 2. The van der Waals surface area contributed by atoms with Crippen LogP contribution in [0, 0.1) is 0 Å². The lowest BCUT2D eigenvalue weighted by molar-refractivity contribution is 0.111. The molecule has 4 nitrogen and oxygen atoms in total. The van der Waals surface area contributed by atoms with Gasteiger partial charge in [0.15, 0.2) is 12.6 Å². The van der Waals surface area contributed by atoms with Crippen LogP contribution in [0.3, 0.4) is 0 Å². The summed E-state index contributed by atoms with van der Waals surface area (Å²) >= 11 is 11.4. The molecule has 0 amide bonds. The Kier molecular flexibility index (Phi) is 7.86. The molecule has 0 bridgehead atoms. The molecule has 3 aromatic carbocycles. The second-order valence-corrected chi connectivity index (χ2v) is 6.21. The van der Waals surface area contributed by atoms with Gasteiger partial charge in [-0.1, -0.05) is 53.5 Å². The summed E-state index contributed by atoms with van der Waals surface area (Å²) in [7, 11) is 0. The number of phenolic OH excluding ortho intramolecular Hbond substituents is 1. The van der Waals surface area contributed by atoms with Crippen LogP contribution in [0.1, 0.15) is 26.3 Å². The van der Waals surface area contributed by atoms with Gasteiger partial charge in [-0.2, -0.15) is 0 Å². The zero-order valence-electron chi connectivity index (χ0n) is 14.1. The molecular formula is C21H16Cl2O4. The van der Waals surface area contributed by atoms with Crippen molar-refractivity contribution in [3.63, 3.8) is 0 Å². The molecule has 0 saturated heterocycles. The van der Waals surface area contributed by atoms with E-state index in [2.05, 4.69) is 0 Å². The third kappa shape index (κ3) is 6.44. The maximum absolute atomic E-state index is 10.6. The molecule has 0 aromatic heterocycles. The van der Waals surface area contributed by atoms with Gasteiger partial charge in [0.1, 0.15) is 18.1 Å². The summed E-state index contributed by atoms with van der Waals surface area (Å²) in [5, 5.41) is 9.51. The van der Waals surface area contributed by atoms with Gasteiger partial charge < -0.3 is 9.84 Å². The number of aromatic hydroxyl groups is 1. The van der Waals surface area contributed by atoms with E-state index in [1.807, 2.05) is 30.3 Å². The molecule has 0 heterocycles. The zero-order chi connectivity index (χ0) is 19.6. The van der Waals surface area contributed by atoms with E-state index in [-0.39, 0.29) is 10.8 Å². The van der Waals surface area contributed by atoms with E-state index < -0.39 is 0 Å². The van der Waals surface area contributed by atoms with Crippen LogP contribution in [0.2, 0.25) is 10.0 Å². The molecule has 0 aliphatic carbocycles. The van der Waals surface area contributed by atoms with Crippen LogP contribution in [0.5, 0.6) is 11.5 Å². The van der Waals surface area contributed by atoms with Crippen molar-refractivity contribution in [1.82, 2.24) is 0 Å². The lowest BCUT2D eigenvalue weighted by atomic mass is 10.2. The van der Waals surface area contributed by atoms with E-state index in [4.69, 9.17) is 33.0 Å². The Bertz CT molecular complexity index is 911. The van der Waals surface area contributed by atoms with E-state index in [0.29, 0.717) is 34.8 Å². The fourth-order valence-corrected chi connectivity index (χ4v) is 2.48. The molecule has 0 aliphatic rings. The molecule has 0 unspecified atom stereocenters. The van der Waals surface area contributed by atoms with Gasteiger partial charge in [0.05, 0.1) is 10.0 Å². The van der Waals surface area contributed by atoms with E-state index in [1.54, 1.807) is 18.2 Å². The van der Waals surface area contributed by atoms with Gasteiger partial charge in [-0.15, -0.1) is 0 Å². The highest BCUT2D eigenvalue weighted by Crippen LogP contribution is 2.22. The van der Waals surface area contributed by atoms with Gasteiger partial charge in [0.2, 0.25) is 0 Å². The van der Waals surface area contributed by atoms with Gasteiger partial charge in [0.25, 0.3) is 0 Å². The summed E-state index contributed by atoms with van der Waals surface area (Å²) in [6, 6.07) is 19.1. The Morgan fingerprint density at radius 1 is 0.815 bits per heavy atom. The number of ether oxygens (including phenoxy) is 1. The molecule has 0 saturated carbocycles. The Morgan fingerprint density at radius 3 is 1.96 bits per heavy atom. The fourth-order valence-electron chi connectivity index (χ4n) is 2.05. The summed E-state index contributed by atoms with van der Waals surface area (Å²) in [5.41, 5.74) is 1.95. The molecular weight excluding hydrogens is 387 g/mol. The van der Waals surface area contributed by atoms with Crippen molar-refractivity contribution < 1.29 is 19.4 Å². The number of halogens is 2. The van der Waals surface area contributed by atoms with Crippen LogP contribution in [0.4, 0.5) is 0 Å². The number of hydrogen-bond acceptors (Lipinski definition) is 4. The van der Waals surface area contributed by atoms with Crippen molar-refractivity contribution in [2.45, 2.75) is 6.61 Å². The van der Waals surface area contributed by atoms with Gasteiger partial charge in [0, 0.05) is 11.1 Å². The first kappa shape index (κ1) is 20.5. The highest BCUT2D eigenvalue weighted by Gasteiger charge is 2.02. The molecule has 0 atom stereocenters. The van der Waals surface area contributed by atoms with Gasteiger partial charge >= 0.3 is 0 Å². The van der Waals surface area contributed by atoms with E-state index >= 15 is 0 Å². The number of aldehydes is 2. The van der Waals surface area contributed by atoms with Crippen molar-refractivity contribution in [3.8, 4) is 11.5 Å². The molecule has 0 radical (unpaired) electrons. The van der Waals surface area contributed by atoms with Crippen LogP contribution < -0.4 is 4.74 Å². The minimum absolute atomic E-state index is 0.0654. The maximum atomic E-state index is 10.6. The van der Waals surface area contributed by atoms with Gasteiger partial charge in [-0.3, -0.25) is 9.59 Å². The number of rotatable bonds is 5. The summed E-state index contributed by atoms with van der Waals surface area (Å²) in [6.07, 6.45) is 1.37. The molecule has 3 aromatic rings. The number of carbonyl (C=O) groups is 2. The van der Waals surface area contributed by atoms with Crippen LogP contribution >= 0.6 is 23.2 Å². The molecule has 1 N–H and O–H groups in total. The van der Waals surface area contributed by atoms with Crippen molar-refractivity contribution in [2.75, 3.05) is 0 Å². The first-order valence-electron chi connectivity index (χ1n) is 7.88. The summed E-state index contributed by atoms with van der Waals surface area (Å²) in [6.45, 7) is 0.484. The Labute approximate surface area is 166 Å². The summed E-state index contributed by atoms with van der Waals surface area (Å²) in [4.78, 5) is 20.8. The van der Waals surface area contributed by atoms with Gasteiger partial charge in [-0.05, 0) is 42.0 Å². The lowest BCUT2D eigenvalue weighted by Crippen LogP contribution is -1.95. The third-order valence-electron chi connectivity index (χ3n) is 3.46. The van der Waals surface area contributed by atoms with Crippen molar-refractivity contribution in [3.05, 3.63) is 93.5 Å². The average molecular weight is 403 g/mol. The SMILES string of the molecule is O=Cc1ccc(O)cc1Cl.O=Cc1ccc(OCc2ccccc2)cc1Cl. The maximum Gasteiger partial charge on any atom is 0.151 e. The summed E-state index contributed by atoms with van der Waals surface area (Å²) in [5.74, 6) is 0.722. The molecule has 0 spiro atoms. The van der Waals surface area contributed by atoms with E-state index in [9.17, 15) is 9.59 Å². The van der Waals surface area contributed by atoms with Crippen LogP contribution in [-0.2, 0) is 6.61 Å². The van der Waals surface area contributed by atoms with Crippen molar-refractivity contribution in [1.29, 1.82) is 0 Å². The number of benzene rings is 3.